The molecule has 6 aliphatic heterocycles. The maximum Gasteiger partial charge on any atom is 0.158 e. The fourth-order valence-electron chi connectivity index (χ4n) is 19.0. The number of nitrogens with zero attached hydrogens (tertiary/aromatic N) is 20. The van der Waals surface area contributed by atoms with Crippen molar-refractivity contribution in [3.8, 4) is 45.6 Å². The SMILES string of the molecule is CC1=C(C)c2nc1c(C)c1nc(c(C)c3[n-]c(c(C)c3C)c(C)c3[n-]c(c2C)c(C)c3C)C(C)=C1C.CC1=C(C)c2nc1nc1nc(nc3[n-]c(nc4[n-]c(n2)c(C)c4C)c(C)c3C)C(C)=C1C.Cc1c(C)c(C)c2c(c1C)-c1nc-2nc2[n-]c(nc3nc(nc4[n-]c(n1)c1c(C)c(C)c(C)c(C)c41)-c1c(C)c(C)c(C)c(C)c1-3)c1c(C)c(C)c(C)c(C)c21. The van der Waals surface area contributed by atoms with Crippen molar-refractivity contribution in [3.63, 3.8) is 0 Å². The Morgan fingerprint density at radius 3 is 0.573 bits per heavy atom. The fraction of sp³-hybridized carbons (Fsp3) is 0.346. The van der Waals surface area contributed by atoms with Gasteiger partial charge in [-0.1, -0.05) is 27.8 Å². The zero-order valence-corrected chi connectivity index (χ0v) is 78.9. The van der Waals surface area contributed by atoms with Crippen molar-refractivity contribution in [1.29, 1.82) is 0 Å². The summed E-state index contributed by atoms with van der Waals surface area (Å²) in [7, 11) is 0. The Bertz CT molecular complexity index is 7230. The van der Waals surface area contributed by atoms with E-state index in [9.17, 15) is 0 Å². The third-order valence-electron chi connectivity index (χ3n) is 29.7. The molecule has 630 valence electrons. The van der Waals surface area contributed by atoms with Gasteiger partial charge in [-0.15, -0.1) is 22.1 Å². The van der Waals surface area contributed by atoms with Gasteiger partial charge in [-0.25, -0.2) is 34.9 Å². The minimum absolute atomic E-state index is 0.605. The number of hydrogen-bond acceptors (Lipinski definition) is 14. The first-order chi connectivity index (χ1) is 58.4. The van der Waals surface area contributed by atoms with Crippen LogP contribution in [-0.4, -0.2) is 69.8 Å². The van der Waals surface area contributed by atoms with Crippen LogP contribution < -0.4 is 29.9 Å². The van der Waals surface area contributed by atoms with Gasteiger partial charge in [-0.05, 0) is 438 Å². The summed E-state index contributed by atoms with van der Waals surface area (Å²) in [5, 5.41) is 3.97. The molecule has 19 rings (SSSR count). The summed E-state index contributed by atoms with van der Waals surface area (Å²) in [5.41, 5.74) is 58.0. The summed E-state index contributed by atoms with van der Waals surface area (Å²) in [6, 6.07) is 0. The molecule has 0 fully saturated rings. The number of benzene rings is 4. The molecule has 6 aliphatic rings. The second-order valence-electron chi connectivity index (χ2n) is 35.7. The molecule has 124 heavy (non-hydrogen) atoms. The van der Waals surface area contributed by atoms with Gasteiger partial charge in [0.1, 0.15) is 0 Å². The van der Waals surface area contributed by atoms with Crippen LogP contribution in [0.25, 0.3) is 179 Å². The largest absolute Gasteiger partial charge is 0.657 e. The summed E-state index contributed by atoms with van der Waals surface area (Å²) < 4.78 is 0. The minimum Gasteiger partial charge on any atom is -0.657 e. The van der Waals surface area contributed by atoms with E-state index < -0.39 is 0 Å². The van der Waals surface area contributed by atoms with Crippen molar-refractivity contribution in [1.82, 2.24) is 99.7 Å². The van der Waals surface area contributed by atoms with E-state index in [-0.39, 0.29) is 0 Å². The van der Waals surface area contributed by atoms with E-state index in [0.29, 0.717) is 91.8 Å². The third-order valence-corrected chi connectivity index (χ3v) is 29.7. The van der Waals surface area contributed by atoms with E-state index >= 15 is 0 Å². The normalized spacial score (nSPS) is 13.2. The average Bonchev–Trinajstić information content (AvgIpc) is 1.56. The molecule has 4 aromatic carbocycles. The molecule has 13 aromatic rings. The Morgan fingerprint density at radius 1 is 0.121 bits per heavy atom. The lowest BCUT2D eigenvalue weighted by Gasteiger charge is -2.16. The number of aryl methyl sites for hydroxylation is 15. The zero-order valence-electron chi connectivity index (χ0n) is 78.9. The van der Waals surface area contributed by atoms with E-state index in [4.69, 9.17) is 99.7 Å². The van der Waals surface area contributed by atoms with E-state index in [1.165, 1.54) is 89.1 Å². The van der Waals surface area contributed by atoms with Crippen molar-refractivity contribution in [3.05, 3.63) is 202 Å². The smallest absolute Gasteiger partial charge is 0.158 e. The summed E-state index contributed by atoms with van der Waals surface area (Å²) in [6.45, 7) is 76.9. The standard InChI is InChI=1S/C48H48N8.C32H36N4.C24H24N8/c1-17-18(2)26(10)34-33(25(17)9)41-49-42(34)54-44-37-29(13)21(5)22(6)30(14)38(37)46(51-44)56-48-40-32(16)24(8)23(7)31(15)39(40)47(52-48)55-45-36-28(12)20(4)19(3)27(11)35(36)43(50-45)53-41;1-13-14(2)26-22(10)28-17(5)18(6)30(35-28)24(12)32-20(8)19(7)31(36-32)23(11)29-16(4)15(3)27(34-29)21(9)25(13)33-26;1-9-10(2)18-25-17(9)29-19-11(3)12(4)21(26-19)31-23-15(7)16(8)24(28-23)32-22-14(6)13(5)20(27-22)30-18/h1-16H3;1-12H3;1-8H3/q3*-2. The number of allylic oxidation sites excluding steroid dienone is 8. The highest BCUT2D eigenvalue weighted by Gasteiger charge is 2.30. The molecule has 0 aliphatic carbocycles. The predicted molar refractivity (Wildman–Crippen MR) is 508 cm³/mol. The molecule has 0 amide bonds. The van der Waals surface area contributed by atoms with Crippen LogP contribution in [0.4, 0.5) is 0 Å². The van der Waals surface area contributed by atoms with Crippen LogP contribution in [0.1, 0.15) is 257 Å². The van der Waals surface area contributed by atoms with Gasteiger partial charge in [0, 0.05) is 73.0 Å². The molecule has 0 saturated carbocycles. The molecule has 20 heteroatoms. The van der Waals surface area contributed by atoms with Crippen molar-refractivity contribution >= 4 is 133 Å². The maximum atomic E-state index is 5.41. The highest BCUT2D eigenvalue weighted by Crippen LogP contribution is 2.48. The van der Waals surface area contributed by atoms with Crippen LogP contribution in [0.2, 0.25) is 0 Å². The van der Waals surface area contributed by atoms with Crippen LogP contribution in [0.3, 0.4) is 0 Å². The van der Waals surface area contributed by atoms with Gasteiger partial charge >= 0.3 is 0 Å². The quantitative estimate of drug-likeness (QED) is 0.136. The van der Waals surface area contributed by atoms with E-state index in [2.05, 4.69) is 194 Å². The van der Waals surface area contributed by atoms with Crippen LogP contribution in [-0.2, 0) is 0 Å². The van der Waals surface area contributed by atoms with Gasteiger partial charge in [-0.3, -0.25) is 0 Å². The summed E-state index contributed by atoms with van der Waals surface area (Å²) >= 11 is 0. The number of fused-ring (bicyclic) bond motifs is 36. The van der Waals surface area contributed by atoms with Crippen LogP contribution >= 0.6 is 0 Å². The molecule has 9 aromatic heterocycles. The van der Waals surface area contributed by atoms with Gasteiger partial charge < -0.3 is 64.8 Å². The minimum atomic E-state index is 0.605. The molecule has 0 saturated heterocycles. The van der Waals surface area contributed by atoms with Crippen LogP contribution in [0, 0.1) is 194 Å². The maximum absolute atomic E-state index is 5.41. The summed E-state index contributed by atoms with van der Waals surface area (Å²) in [5.74, 6) is 4.89. The second-order valence-corrected chi connectivity index (χ2v) is 35.7. The lowest BCUT2D eigenvalue weighted by atomic mass is 9.89. The molecule has 15 heterocycles. The monoisotopic (exact) mass is 1640 g/mol. The van der Waals surface area contributed by atoms with Gasteiger partial charge in [0.05, 0.1) is 57.7 Å². The summed E-state index contributed by atoms with van der Waals surface area (Å²) in [6.07, 6.45) is 0. The topological polar surface area (TPSA) is 265 Å². The molecular weight excluding hydrogens is 1530 g/mol. The first kappa shape index (κ1) is 83.4. The number of aromatic nitrogens is 20. The van der Waals surface area contributed by atoms with E-state index in [0.717, 1.165) is 200 Å². The molecule has 0 N–H and O–H groups in total. The van der Waals surface area contributed by atoms with Gasteiger partial charge in [0.2, 0.25) is 0 Å². The molecule has 20 nitrogen and oxygen atoms in total. The van der Waals surface area contributed by atoms with Gasteiger partial charge in [0.15, 0.2) is 11.6 Å². The van der Waals surface area contributed by atoms with E-state index in [1.54, 1.807) is 0 Å². The number of rotatable bonds is 0. The second kappa shape index (κ2) is 29.4. The Morgan fingerprint density at radius 2 is 0.315 bits per heavy atom. The van der Waals surface area contributed by atoms with Gasteiger partial charge in [0.25, 0.3) is 0 Å². The Labute approximate surface area is 725 Å². The summed E-state index contributed by atoms with van der Waals surface area (Å²) in [4.78, 5) is 102. The first-order valence-corrected chi connectivity index (χ1v) is 42.9. The third kappa shape index (κ3) is 12.2. The highest BCUT2D eigenvalue weighted by atomic mass is 15.1. The van der Waals surface area contributed by atoms with Crippen molar-refractivity contribution < 1.29 is 0 Å². The highest BCUT2D eigenvalue weighted by molar-refractivity contribution is 6.12. The van der Waals surface area contributed by atoms with Crippen molar-refractivity contribution in [2.45, 2.75) is 249 Å². The van der Waals surface area contributed by atoms with Gasteiger partial charge in [-0.2, -0.15) is 0 Å². The Hall–Kier alpha value is -12.8. The molecule has 0 radical (unpaired) electrons. The molecular formula is C104H108N20-6. The number of hydrogen-bond donors (Lipinski definition) is 0. The molecule has 0 spiro atoms. The van der Waals surface area contributed by atoms with Crippen molar-refractivity contribution in [2.24, 2.45) is 0 Å². The Kier molecular flexibility index (Phi) is 19.8. The fourth-order valence-corrected chi connectivity index (χ4v) is 19.0. The van der Waals surface area contributed by atoms with Crippen LogP contribution in [0.5, 0.6) is 0 Å². The average molecular weight is 1640 g/mol. The van der Waals surface area contributed by atoms with Crippen LogP contribution in [0.15, 0.2) is 0 Å². The lowest BCUT2D eigenvalue weighted by molar-refractivity contribution is 1.05. The van der Waals surface area contributed by atoms with Crippen molar-refractivity contribution in [2.75, 3.05) is 0 Å². The first-order valence-electron chi connectivity index (χ1n) is 42.9. The predicted octanol–water partition coefficient (Wildman–Crippen LogP) is 23.3. The van der Waals surface area contributed by atoms with E-state index in [1.807, 2.05) is 55.4 Å². The molecule has 24 bridgehead atoms. The zero-order chi connectivity index (χ0) is 89.4. The molecule has 0 atom stereocenters. The Balaban J connectivity index is 0.000000139. The molecule has 0 unspecified atom stereocenters. The lowest BCUT2D eigenvalue weighted by Crippen LogP contribution is -1.98.